The summed E-state index contributed by atoms with van der Waals surface area (Å²) < 4.78 is 7.03. The molecule has 0 radical (unpaired) electrons. The van der Waals surface area contributed by atoms with Gasteiger partial charge in [-0.1, -0.05) is 42.5 Å². The van der Waals surface area contributed by atoms with Gasteiger partial charge in [0.15, 0.2) is 0 Å². The second-order valence-corrected chi connectivity index (χ2v) is 7.39. The number of fused-ring (bicyclic) bond motifs is 1. The molecular weight excluding hydrogens is 392 g/mol. The highest BCUT2D eigenvalue weighted by Crippen LogP contribution is 2.24. The number of rotatable bonds is 6. The summed E-state index contributed by atoms with van der Waals surface area (Å²) in [5.41, 5.74) is 1.87. The Morgan fingerprint density at radius 2 is 2.03 bits per heavy atom. The third-order valence-electron chi connectivity index (χ3n) is 4.38. The Bertz CT molecular complexity index is 1210. The lowest BCUT2D eigenvalue weighted by Crippen LogP contribution is -2.13. The highest BCUT2D eigenvalue weighted by molar-refractivity contribution is 7.16. The summed E-state index contributed by atoms with van der Waals surface area (Å²) >= 11 is 0.678. The molecule has 4 rings (SSSR count). The standard InChI is InChI=1S/C20H16N4O4S/c1-13-11-17(28-20(25)19-21-12-18(29-19)24(26)27)23(22-13)10-9-15-7-4-6-14-5-2-3-8-16(14)15/h2-8,11-12H,9-10H2,1H3. The number of hydrogen-bond donors (Lipinski definition) is 0. The molecule has 0 N–H and O–H groups in total. The lowest BCUT2D eigenvalue weighted by Gasteiger charge is -2.09. The van der Waals surface area contributed by atoms with Crippen molar-refractivity contribution in [3.8, 4) is 5.88 Å². The zero-order valence-electron chi connectivity index (χ0n) is 15.4. The van der Waals surface area contributed by atoms with Crippen molar-refractivity contribution in [3.63, 3.8) is 0 Å². The molecule has 2 heterocycles. The molecule has 0 amide bonds. The minimum Gasteiger partial charge on any atom is -0.402 e. The quantitative estimate of drug-likeness (QED) is 0.270. The Kier molecular flexibility index (Phi) is 5.05. The number of esters is 1. The third-order valence-corrected chi connectivity index (χ3v) is 5.31. The number of nitro groups is 1. The van der Waals surface area contributed by atoms with Crippen molar-refractivity contribution in [2.45, 2.75) is 19.9 Å². The fourth-order valence-corrected chi connectivity index (χ4v) is 3.69. The molecule has 0 aliphatic heterocycles. The van der Waals surface area contributed by atoms with E-state index in [1.807, 2.05) is 18.2 Å². The number of carbonyl (C=O) groups excluding carboxylic acids is 1. The van der Waals surface area contributed by atoms with Gasteiger partial charge in [0.1, 0.15) is 6.20 Å². The van der Waals surface area contributed by atoms with Crippen LogP contribution in [0.3, 0.4) is 0 Å². The first-order valence-electron chi connectivity index (χ1n) is 8.85. The summed E-state index contributed by atoms with van der Waals surface area (Å²) in [4.78, 5) is 26.3. The fraction of sp³-hybridized carbons (Fsp3) is 0.150. The monoisotopic (exact) mass is 408 g/mol. The molecule has 8 nitrogen and oxygen atoms in total. The van der Waals surface area contributed by atoms with Gasteiger partial charge in [0.25, 0.3) is 0 Å². The Balaban J connectivity index is 1.52. The minimum atomic E-state index is -0.741. The molecule has 0 spiro atoms. The van der Waals surface area contributed by atoms with Gasteiger partial charge in [-0.15, -0.1) is 0 Å². The van der Waals surface area contributed by atoms with E-state index in [0.29, 0.717) is 30.0 Å². The second kappa shape index (κ2) is 7.80. The van der Waals surface area contributed by atoms with Crippen LogP contribution in [0.15, 0.2) is 54.7 Å². The van der Waals surface area contributed by atoms with Gasteiger partial charge in [0, 0.05) is 12.6 Å². The summed E-state index contributed by atoms with van der Waals surface area (Å²) in [6.07, 6.45) is 1.75. The highest BCUT2D eigenvalue weighted by Gasteiger charge is 2.21. The molecule has 0 saturated carbocycles. The average molecular weight is 408 g/mol. The van der Waals surface area contributed by atoms with E-state index in [1.165, 1.54) is 16.3 Å². The molecular formula is C20H16N4O4S. The molecule has 0 aliphatic rings. The van der Waals surface area contributed by atoms with Gasteiger partial charge in [0.05, 0.1) is 10.6 Å². The summed E-state index contributed by atoms with van der Waals surface area (Å²) in [7, 11) is 0. The van der Waals surface area contributed by atoms with E-state index in [4.69, 9.17) is 4.74 Å². The van der Waals surface area contributed by atoms with E-state index in [1.54, 1.807) is 17.7 Å². The maximum absolute atomic E-state index is 12.3. The molecule has 29 heavy (non-hydrogen) atoms. The van der Waals surface area contributed by atoms with Gasteiger partial charge in [0.2, 0.25) is 10.9 Å². The maximum Gasteiger partial charge on any atom is 0.374 e. The minimum absolute atomic E-state index is 0.0730. The van der Waals surface area contributed by atoms with E-state index in [2.05, 4.69) is 34.3 Å². The highest BCUT2D eigenvalue weighted by atomic mass is 32.1. The Labute approximate surface area is 169 Å². The van der Waals surface area contributed by atoms with Gasteiger partial charge in [-0.05, 0) is 41.0 Å². The predicted molar refractivity (Wildman–Crippen MR) is 108 cm³/mol. The van der Waals surface area contributed by atoms with Gasteiger partial charge >= 0.3 is 11.0 Å². The van der Waals surface area contributed by atoms with Crippen LogP contribution < -0.4 is 4.74 Å². The van der Waals surface area contributed by atoms with Crippen LogP contribution in [0.1, 0.15) is 21.1 Å². The van der Waals surface area contributed by atoms with Crippen molar-refractivity contribution in [2.75, 3.05) is 0 Å². The van der Waals surface area contributed by atoms with Crippen LogP contribution in [-0.4, -0.2) is 25.7 Å². The van der Waals surface area contributed by atoms with Gasteiger partial charge < -0.3 is 4.74 Å². The summed E-state index contributed by atoms with van der Waals surface area (Å²) in [6, 6.07) is 16.0. The average Bonchev–Trinajstić information content (AvgIpc) is 3.33. The van der Waals surface area contributed by atoms with Crippen LogP contribution >= 0.6 is 11.3 Å². The molecule has 146 valence electrons. The lowest BCUT2D eigenvalue weighted by atomic mass is 10.0. The van der Waals surface area contributed by atoms with Crippen molar-refractivity contribution < 1.29 is 14.5 Å². The normalized spacial score (nSPS) is 10.9. The Hall–Kier alpha value is -3.59. The van der Waals surface area contributed by atoms with Crippen molar-refractivity contribution in [1.82, 2.24) is 14.8 Å². The first kappa shape index (κ1) is 18.8. The lowest BCUT2D eigenvalue weighted by molar-refractivity contribution is -0.380. The van der Waals surface area contributed by atoms with Crippen LogP contribution in [0.2, 0.25) is 0 Å². The van der Waals surface area contributed by atoms with Crippen LogP contribution in [0.4, 0.5) is 5.00 Å². The number of nitrogens with zero attached hydrogens (tertiary/aromatic N) is 4. The molecule has 2 aromatic heterocycles. The van der Waals surface area contributed by atoms with E-state index >= 15 is 0 Å². The van der Waals surface area contributed by atoms with Crippen LogP contribution in [-0.2, 0) is 13.0 Å². The Morgan fingerprint density at radius 3 is 2.83 bits per heavy atom. The largest absolute Gasteiger partial charge is 0.402 e. The maximum atomic E-state index is 12.3. The smallest absolute Gasteiger partial charge is 0.374 e. The molecule has 9 heteroatoms. The van der Waals surface area contributed by atoms with Gasteiger partial charge in [-0.25, -0.2) is 14.5 Å². The first-order valence-corrected chi connectivity index (χ1v) is 9.66. The number of carbonyl (C=O) groups is 1. The number of thiazole rings is 1. The fourth-order valence-electron chi connectivity index (χ4n) is 3.08. The third kappa shape index (κ3) is 3.99. The molecule has 0 fully saturated rings. The van der Waals surface area contributed by atoms with Crippen molar-refractivity contribution in [1.29, 1.82) is 0 Å². The van der Waals surface area contributed by atoms with Crippen molar-refractivity contribution in [2.24, 2.45) is 0 Å². The second-order valence-electron chi connectivity index (χ2n) is 6.39. The van der Waals surface area contributed by atoms with Gasteiger partial charge in [-0.3, -0.25) is 10.1 Å². The zero-order chi connectivity index (χ0) is 20.4. The molecule has 0 saturated heterocycles. The molecule has 0 unspecified atom stereocenters. The Morgan fingerprint density at radius 1 is 1.24 bits per heavy atom. The van der Waals surface area contributed by atoms with Crippen LogP contribution in [0.25, 0.3) is 10.8 Å². The number of hydrogen-bond acceptors (Lipinski definition) is 7. The predicted octanol–water partition coefficient (Wildman–Crippen LogP) is 4.17. The summed E-state index contributed by atoms with van der Waals surface area (Å²) in [5.74, 6) is -0.458. The number of aryl methyl sites for hydroxylation is 3. The van der Waals surface area contributed by atoms with Crippen molar-refractivity contribution in [3.05, 3.63) is 81.1 Å². The molecule has 0 aliphatic carbocycles. The summed E-state index contributed by atoms with van der Waals surface area (Å²) in [6.45, 7) is 2.32. The van der Waals surface area contributed by atoms with Crippen LogP contribution in [0, 0.1) is 17.0 Å². The topological polar surface area (TPSA) is 100 Å². The van der Waals surface area contributed by atoms with E-state index in [0.717, 1.165) is 6.20 Å². The van der Waals surface area contributed by atoms with Crippen molar-refractivity contribution >= 4 is 33.1 Å². The van der Waals surface area contributed by atoms with Crippen LogP contribution in [0.5, 0.6) is 5.88 Å². The number of ether oxygens (including phenoxy) is 1. The molecule has 0 atom stereocenters. The number of aromatic nitrogens is 3. The summed E-state index contributed by atoms with van der Waals surface area (Å²) in [5, 5.41) is 17.2. The zero-order valence-corrected chi connectivity index (χ0v) is 16.3. The first-order chi connectivity index (χ1) is 14.0. The molecule has 4 aromatic rings. The van der Waals surface area contributed by atoms with Gasteiger partial charge in [-0.2, -0.15) is 5.10 Å². The number of benzene rings is 2. The SMILES string of the molecule is Cc1cc(OC(=O)c2ncc([N+](=O)[O-])s2)n(CCc2cccc3ccccc23)n1. The van der Waals surface area contributed by atoms with E-state index in [9.17, 15) is 14.9 Å². The molecule has 0 bridgehead atoms. The van der Waals surface area contributed by atoms with E-state index < -0.39 is 10.9 Å². The molecule has 2 aromatic carbocycles. The van der Waals surface area contributed by atoms with E-state index in [-0.39, 0.29) is 15.9 Å².